The molecule has 0 heterocycles. The van der Waals surface area contributed by atoms with Crippen LogP contribution in [0.25, 0.3) is 0 Å². The number of carbonyl (C=O) groups is 2. The van der Waals surface area contributed by atoms with Gasteiger partial charge in [0.1, 0.15) is 12.4 Å². The molecule has 0 unspecified atom stereocenters. The van der Waals surface area contributed by atoms with Crippen molar-refractivity contribution in [1.82, 2.24) is 0 Å². The number of carboxylic acids is 1. The van der Waals surface area contributed by atoms with Crippen molar-refractivity contribution in [2.75, 3.05) is 7.11 Å². The molecule has 1 aromatic rings. The number of aliphatic carboxylic acids is 1. The first-order valence-corrected chi connectivity index (χ1v) is 5.54. The van der Waals surface area contributed by atoms with Crippen molar-refractivity contribution in [1.29, 1.82) is 0 Å². The zero-order valence-electron chi connectivity index (χ0n) is 10.4. The summed E-state index contributed by atoms with van der Waals surface area (Å²) in [6, 6.07) is 7.10. The highest BCUT2D eigenvalue weighted by atomic mass is 16.5. The van der Waals surface area contributed by atoms with Crippen LogP contribution >= 0.6 is 0 Å². The number of rotatable bonds is 6. The third kappa shape index (κ3) is 4.45. The van der Waals surface area contributed by atoms with Crippen LogP contribution in [-0.4, -0.2) is 24.2 Å². The maximum atomic E-state index is 11.3. The molecule has 0 bridgehead atoms. The first-order chi connectivity index (χ1) is 8.52. The van der Waals surface area contributed by atoms with Crippen molar-refractivity contribution < 1.29 is 24.2 Å². The lowest BCUT2D eigenvalue weighted by atomic mass is 10.1. The van der Waals surface area contributed by atoms with E-state index in [9.17, 15) is 9.59 Å². The maximum Gasteiger partial charge on any atom is 0.306 e. The Balaban J connectivity index is 2.40. The zero-order chi connectivity index (χ0) is 13.5. The number of carboxylic acid groups (broad SMARTS) is 1. The minimum atomic E-state index is -1.00. The van der Waals surface area contributed by atoms with Gasteiger partial charge < -0.3 is 14.6 Å². The lowest BCUT2D eigenvalue weighted by Crippen LogP contribution is -2.16. The van der Waals surface area contributed by atoms with Gasteiger partial charge in [-0.05, 0) is 17.7 Å². The molecule has 0 aliphatic heterocycles. The summed E-state index contributed by atoms with van der Waals surface area (Å²) in [6.07, 6.45) is -0.120. The van der Waals surface area contributed by atoms with Crippen LogP contribution < -0.4 is 4.74 Å². The standard InChI is InChI=1S/C13H16O5/c1-9(13(15)16)7-12(14)18-8-10-3-5-11(17-2)6-4-10/h3-6,9H,7-8H2,1-2H3,(H,15,16)/t9-/m1/s1. The molecule has 0 aromatic heterocycles. The Morgan fingerprint density at radius 3 is 2.39 bits per heavy atom. The van der Waals surface area contributed by atoms with E-state index < -0.39 is 17.9 Å². The van der Waals surface area contributed by atoms with E-state index in [0.717, 1.165) is 11.3 Å². The largest absolute Gasteiger partial charge is 0.497 e. The number of hydrogen-bond donors (Lipinski definition) is 1. The van der Waals surface area contributed by atoms with Gasteiger partial charge in [-0.2, -0.15) is 0 Å². The monoisotopic (exact) mass is 252 g/mol. The van der Waals surface area contributed by atoms with E-state index in [1.807, 2.05) is 0 Å². The van der Waals surface area contributed by atoms with Gasteiger partial charge >= 0.3 is 11.9 Å². The molecule has 18 heavy (non-hydrogen) atoms. The van der Waals surface area contributed by atoms with Crippen molar-refractivity contribution in [3.05, 3.63) is 29.8 Å². The van der Waals surface area contributed by atoms with Crippen molar-refractivity contribution in [2.24, 2.45) is 5.92 Å². The van der Waals surface area contributed by atoms with E-state index in [-0.39, 0.29) is 13.0 Å². The molecule has 0 saturated carbocycles. The molecule has 0 fully saturated rings. The molecule has 5 nitrogen and oxygen atoms in total. The lowest BCUT2D eigenvalue weighted by molar-refractivity contribution is -0.151. The van der Waals surface area contributed by atoms with Crippen LogP contribution in [0.1, 0.15) is 18.9 Å². The first kappa shape index (κ1) is 14.0. The van der Waals surface area contributed by atoms with E-state index in [2.05, 4.69) is 0 Å². The average Bonchev–Trinajstić information content (AvgIpc) is 2.36. The van der Waals surface area contributed by atoms with Crippen molar-refractivity contribution >= 4 is 11.9 Å². The minimum absolute atomic E-state index is 0.120. The van der Waals surface area contributed by atoms with Gasteiger partial charge in [0.05, 0.1) is 19.4 Å². The fourth-order valence-corrected chi connectivity index (χ4v) is 1.28. The minimum Gasteiger partial charge on any atom is -0.497 e. The number of esters is 1. The van der Waals surface area contributed by atoms with Gasteiger partial charge in [-0.3, -0.25) is 9.59 Å². The van der Waals surface area contributed by atoms with Crippen LogP contribution in [0.5, 0.6) is 5.75 Å². The average molecular weight is 252 g/mol. The lowest BCUT2D eigenvalue weighted by Gasteiger charge is -2.07. The Hall–Kier alpha value is -2.04. The second-order valence-electron chi connectivity index (χ2n) is 3.95. The highest BCUT2D eigenvalue weighted by molar-refractivity contribution is 5.78. The Morgan fingerprint density at radius 1 is 1.28 bits per heavy atom. The summed E-state index contributed by atoms with van der Waals surface area (Å²) in [5.41, 5.74) is 0.826. The molecular formula is C13H16O5. The van der Waals surface area contributed by atoms with Crippen LogP contribution in [-0.2, 0) is 20.9 Å². The number of carbonyl (C=O) groups excluding carboxylic acids is 1. The third-order valence-corrected chi connectivity index (χ3v) is 2.45. The predicted molar refractivity (Wildman–Crippen MR) is 64.2 cm³/mol. The Morgan fingerprint density at radius 2 is 1.89 bits per heavy atom. The molecule has 0 spiro atoms. The number of methoxy groups -OCH3 is 1. The number of benzene rings is 1. The molecule has 1 rings (SSSR count). The van der Waals surface area contributed by atoms with Gasteiger partial charge in [-0.25, -0.2) is 0 Å². The SMILES string of the molecule is COc1ccc(COC(=O)C[C@@H](C)C(=O)O)cc1. The van der Waals surface area contributed by atoms with Gasteiger partial charge in [0.2, 0.25) is 0 Å². The topological polar surface area (TPSA) is 72.8 Å². The smallest absolute Gasteiger partial charge is 0.306 e. The van der Waals surface area contributed by atoms with E-state index in [1.165, 1.54) is 6.92 Å². The zero-order valence-corrected chi connectivity index (χ0v) is 10.4. The fourth-order valence-electron chi connectivity index (χ4n) is 1.28. The normalized spacial score (nSPS) is 11.7. The fraction of sp³-hybridized carbons (Fsp3) is 0.385. The van der Waals surface area contributed by atoms with E-state index >= 15 is 0 Å². The summed E-state index contributed by atoms with van der Waals surface area (Å²) in [6.45, 7) is 1.60. The van der Waals surface area contributed by atoms with Crippen molar-refractivity contribution in [3.8, 4) is 5.75 Å². The molecule has 5 heteroatoms. The second-order valence-corrected chi connectivity index (χ2v) is 3.95. The summed E-state index contributed by atoms with van der Waals surface area (Å²) in [4.78, 5) is 21.9. The number of ether oxygens (including phenoxy) is 2. The van der Waals surface area contributed by atoms with Gasteiger partial charge in [-0.1, -0.05) is 19.1 Å². The van der Waals surface area contributed by atoms with E-state index in [0.29, 0.717) is 0 Å². The molecule has 1 N–H and O–H groups in total. The molecule has 0 saturated heterocycles. The quantitative estimate of drug-likeness (QED) is 0.782. The van der Waals surface area contributed by atoms with Crippen molar-refractivity contribution in [2.45, 2.75) is 20.0 Å². The maximum absolute atomic E-state index is 11.3. The van der Waals surface area contributed by atoms with Gasteiger partial charge in [0.15, 0.2) is 0 Å². The molecule has 0 aliphatic carbocycles. The molecule has 98 valence electrons. The van der Waals surface area contributed by atoms with Gasteiger partial charge in [0, 0.05) is 0 Å². The second kappa shape index (κ2) is 6.64. The van der Waals surface area contributed by atoms with Crippen LogP contribution in [0.3, 0.4) is 0 Å². The summed E-state index contributed by atoms with van der Waals surface area (Å²) in [5.74, 6) is -1.52. The molecule has 1 atom stereocenters. The summed E-state index contributed by atoms with van der Waals surface area (Å²) in [7, 11) is 1.57. The summed E-state index contributed by atoms with van der Waals surface area (Å²) in [5, 5.41) is 8.65. The predicted octanol–water partition coefficient (Wildman–Crippen LogP) is 1.85. The van der Waals surface area contributed by atoms with Crippen LogP contribution in [0.2, 0.25) is 0 Å². The Labute approximate surface area is 105 Å². The van der Waals surface area contributed by atoms with Gasteiger partial charge in [-0.15, -0.1) is 0 Å². The summed E-state index contributed by atoms with van der Waals surface area (Å²) < 4.78 is 9.98. The Bertz CT molecular complexity index is 410. The highest BCUT2D eigenvalue weighted by Gasteiger charge is 2.16. The molecule has 0 aliphatic rings. The molecular weight excluding hydrogens is 236 g/mol. The molecule has 0 amide bonds. The highest BCUT2D eigenvalue weighted by Crippen LogP contribution is 2.12. The summed E-state index contributed by atoms with van der Waals surface area (Å²) >= 11 is 0. The van der Waals surface area contributed by atoms with Crippen LogP contribution in [0.4, 0.5) is 0 Å². The van der Waals surface area contributed by atoms with Crippen LogP contribution in [0.15, 0.2) is 24.3 Å². The Kier molecular flexibility index (Phi) is 5.17. The van der Waals surface area contributed by atoms with E-state index in [1.54, 1.807) is 31.4 Å². The van der Waals surface area contributed by atoms with Gasteiger partial charge in [0.25, 0.3) is 0 Å². The first-order valence-electron chi connectivity index (χ1n) is 5.54. The molecule has 0 radical (unpaired) electrons. The molecule has 1 aromatic carbocycles. The third-order valence-electron chi connectivity index (χ3n) is 2.45. The van der Waals surface area contributed by atoms with E-state index in [4.69, 9.17) is 14.6 Å². The van der Waals surface area contributed by atoms with Crippen LogP contribution in [0, 0.1) is 5.92 Å². The number of hydrogen-bond acceptors (Lipinski definition) is 4. The van der Waals surface area contributed by atoms with Crippen molar-refractivity contribution in [3.63, 3.8) is 0 Å².